The van der Waals surface area contributed by atoms with Crippen LogP contribution in [0.1, 0.15) is 32.6 Å². The molecule has 0 bridgehead atoms. The third-order valence-electron chi connectivity index (χ3n) is 3.59. The Morgan fingerprint density at radius 3 is 2.75 bits per heavy atom. The first-order chi connectivity index (χ1) is 7.66. The summed E-state index contributed by atoms with van der Waals surface area (Å²) in [6, 6.07) is 0.540. The van der Waals surface area contributed by atoms with Gasteiger partial charge >= 0.3 is 0 Å². The zero-order chi connectivity index (χ0) is 11.5. The predicted molar refractivity (Wildman–Crippen MR) is 61.1 cm³/mol. The molecule has 16 heavy (non-hydrogen) atoms. The van der Waals surface area contributed by atoms with Gasteiger partial charge in [0.05, 0.1) is 6.42 Å². The smallest absolute Gasteiger partial charge is 0.230 e. The molecule has 2 rings (SSSR count). The molecule has 0 aromatic carbocycles. The highest BCUT2D eigenvalue weighted by atomic mass is 16.2. The number of ketones is 1. The van der Waals surface area contributed by atoms with Gasteiger partial charge in [-0.05, 0) is 26.3 Å². The number of hydrogen-bond acceptors (Lipinski definition) is 3. The minimum atomic E-state index is -0.0314. The molecule has 0 spiro atoms. The second-order valence-electron chi connectivity index (χ2n) is 4.90. The maximum atomic E-state index is 11.8. The van der Waals surface area contributed by atoms with Crippen molar-refractivity contribution in [3.05, 3.63) is 0 Å². The number of fused-ring (bicyclic) bond motifs is 1. The number of carbonyl (C=O) groups is 2. The first kappa shape index (κ1) is 11.6. The molecule has 0 radical (unpaired) electrons. The van der Waals surface area contributed by atoms with Gasteiger partial charge in [0, 0.05) is 25.7 Å². The summed E-state index contributed by atoms with van der Waals surface area (Å²) in [6.07, 6.45) is 3.84. The van der Waals surface area contributed by atoms with E-state index in [2.05, 4.69) is 4.90 Å². The van der Waals surface area contributed by atoms with Crippen LogP contribution < -0.4 is 0 Å². The normalized spacial score (nSPS) is 26.3. The summed E-state index contributed by atoms with van der Waals surface area (Å²) < 4.78 is 0. The van der Waals surface area contributed by atoms with Gasteiger partial charge in [-0.25, -0.2) is 0 Å². The van der Waals surface area contributed by atoms with Crippen LogP contribution >= 0.6 is 0 Å². The van der Waals surface area contributed by atoms with Gasteiger partial charge in [0.2, 0.25) is 5.91 Å². The molecule has 2 saturated heterocycles. The van der Waals surface area contributed by atoms with Crippen LogP contribution in [0.3, 0.4) is 0 Å². The van der Waals surface area contributed by atoms with Crippen molar-refractivity contribution in [1.82, 2.24) is 9.80 Å². The summed E-state index contributed by atoms with van der Waals surface area (Å²) >= 11 is 0. The number of nitrogens with zero attached hydrogens (tertiary/aromatic N) is 2. The SMILES string of the molecule is CC(=O)CC(=O)N1CCN2CCCCC2C1. The molecule has 2 aliphatic rings. The number of piperazine rings is 1. The van der Waals surface area contributed by atoms with Crippen molar-refractivity contribution in [2.75, 3.05) is 26.2 Å². The van der Waals surface area contributed by atoms with Crippen molar-refractivity contribution in [2.45, 2.75) is 38.6 Å². The number of carbonyl (C=O) groups excluding carboxylic acids is 2. The molecule has 4 nitrogen and oxygen atoms in total. The van der Waals surface area contributed by atoms with Gasteiger partial charge in [-0.3, -0.25) is 14.5 Å². The molecule has 1 atom stereocenters. The van der Waals surface area contributed by atoms with E-state index < -0.39 is 0 Å². The minimum absolute atomic E-state index is 0.0118. The van der Waals surface area contributed by atoms with Crippen LogP contribution in [0.5, 0.6) is 0 Å². The average Bonchev–Trinajstić information content (AvgIpc) is 2.27. The topological polar surface area (TPSA) is 40.6 Å². The van der Waals surface area contributed by atoms with Gasteiger partial charge in [0.1, 0.15) is 5.78 Å². The van der Waals surface area contributed by atoms with Crippen molar-refractivity contribution in [1.29, 1.82) is 0 Å². The van der Waals surface area contributed by atoms with Crippen molar-refractivity contribution in [3.63, 3.8) is 0 Å². The summed E-state index contributed by atoms with van der Waals surface area (Å²) in [6.45, 7) is 5.26. The molecule has 1 amide bonds. The van der Waals surface area contributed by atoms with Gasteiger partial charge in [-0.2, -0.15) is 0 Å². The fourth-order valence-electron chi connectivity index (χ4n) is 2.71. The van der Waals surface area contributed by atoms with Gasteiger partial charge in [-0.1, -0.05) is 6.42 Å². The van der Waals surface area contributed by atoms with E-state index in [1.165, 1.54) is 32.7 Å². The van der Waals surface area contributed by atoms with Crippen LogP contribution in [-0.4, -0.2) is 53.7 Å². The number of piperidine rings is 1. The molecule has 1 unspecified atom stereocenters. The molecule has 2 aliphatic heterocycles. The zero-order valence-electron chi connectivity index (χ0n) is 9.95. The Kier molecular flexibility index (Phi) is 3.59. The third-order valence-corrected chi connectivity index (χ3v) is 3.59. The molecular weight excluding hydrogens is 204 g/mol. The maximum absolute atomic E-state index is 11.8. The number of amides is 1. The standard InChI is InChI=1S/C12H20N2O2/c1-10(15)8-12(16)14-7-6-13-5-3-2-4-11(13)9-14/h11H,2-9H2,1H3. The molecule has 4 heteroatoms. The second kappa shape index (κ2) is 4.95. The Hall–Kier alpha value is -0.900. The lowest BCUT2D eigenvalue weighted by Gasteiger charge is -2.44. The van der Waals surface area contributed by atoms with Crippen LogP contribution in [0.15, 0.2) is 0 Å². The van der Waals surface area contributed by atoms with E-state index in [4.69, 9.17) is 0 Å². The Morgan fingerprint density at radius 1 is 1.19 bits per heavy atom. The van der Waals surface area contributed by atoms with E-state index in [1.807, 2.05) is 4.90 Å². The zero-order valence-corrected chi connectivity index (χ0v) is 9.95. The molecule has 0 aromatic rings. The Bertz CT molecular complexity index is 291. The molecule has 0 aliphatic carbocycles. The van der Waals surface area contributed by atoms with Crippen LogP contribution in [0.25, 0.3) is 0 Å². The number of Topliss-reactive ketones (excluding diaryl/α,β-unsaturated/α-hetero) is 1. The monoisotopic (exact) mass is 224 g/mol. The fraction of sp³-hybridized carbons (Fsp3) is 0.833. The summed E-state index contributed by atoms with van der Waals surface area (Å²) in [7, 11) is 0. The van der Waals surface area contributed by atoms with E-state index in [0.717, 1.165) is 19.6 Å². The van der Waals surface area contributed by atoms with Crippen LogP contribution in [0.2, 0.25) is 0 Å². The van der Waals surface area contributed by atoms with Crippen molar-refractivity contribution in [2.24, 2.45) is 0 Å². The van der Waals surface area contributed by atoms with Gasteiger partial charge in [-0.15, -0.1) is 0 Å². The lowest BCUT2D eigenvalue weighted by Crippen LogP contribution is -2.56. The largest absolute Gasteiger partial charge is 0.339 e. The summed E-state index contributed by atoms with van der Waals surface area (Å²) in [4.78, 5) is 27.0. The fourth-order valence-corrected chi connectivity index (χ4v) is 2.71. The minimum Gasteiger partial charge on any atom is -0.339 e. The highest BCUT2D eigenvalue weighted by molar-refractivity contribution is 5.96. The molecular formula is C12H20N2O2. The molecule has 90 valence electrons. The first-order valence-electron chi connectivity index (χ1n) is 6.18. The number of hydrogen-bond donors (Lipinski definition) is 0. The van der Waals surface area contributed by atoms with E-state index in [0.29, 0.717) is 6.04 Å². The van der Waals surface area contributed by atoms with E-state index in [-0.39, 0.29) is 18.1 Å². The highest BCUT2D eigenvalue weighted by Crippen LogP contribution is 2.21. The van der Waals surface area contributed by atoms with Crippen molar-refractivity contribution < 1.29 is 9.59 Å². The quantitative estimate of drug-likeness (QED) is 0.647. The van der Waals surface area contributed by atoms with E-state index >= 15 is 0 Å². The van der Waals surface area contributed by atoms with Gasteiger partial charge in [0.15, 0.2) is 0 Å². The second-order valence-corrected chi connectivity index (χ2v) is 4.90. The Balaban J connectivity index is 1.89. The molecule has 0 aromatic heterocycles. The highest BCUT2D eigenvalue weighted by Gasteiger charge is 2.30. The van der Waals surface area contributed by atoms with Gasteiger partial charge < -0.3 is 4.90 Å². The van der Waals surface area contributed by atoms with Crippen molar-refractivity contribution in [3.8, 4) is 0 Å². The van der Waals surface area contributed by atoms with Crippen LogP contribution in [-0.2, 0) is 9.59 Å². The molecule has 0 N–H and O–H groups in total. The number of rotatable bonds is 2. The molecule has 2 fully saturated rings. The maximum Gasteiger partial charge on any atom is 0.230 e. The van der Waals surface area contributed by atoms with E-state index in [1.54, 1.807) is 0 Å². The first-order valence-corrected chi connectivity index (χ1v) is 6.18. The third kappa shape index (κ3) is 2.61. The lowest BCUT2D eigenvalue weighted by molar-refractivity contribution is -0.137. The summed E-state index contributed by atoms with van der Waals surface area (Å²) in [5.41, 5.74) is 0. The van der Waals surface area contributed by atoms with E-state index in [9.17, 15) is 9.59 Å². The molecule has 0 saturated carbocycles. The van der Waals surface area contributed by atoms with Crippen LogP contribution in [0, 0.1) is 0 Å². The lowest BCUT2D eigenvalue weighted by atomic mass is 9.99. The van der Waals surface area contributed by atoms with Gasteiger partial charge in [0.25, 0.3) is 0 Å². The Labute approximate surface area is 96.6 Å². The predicted octanol–water partition coefficient (Wildman–Crippen LogP) is 0.662. The Morgan fingerprint density at radius 2 is 2.00 bits per heavy atom. The molecule has 2 heterocycles. The summed E-state index contributed by atoms with van der Waals surface area (Å²) in [5, 5.41) is 0. The van der Waals surface area contributed by atoms with Crippen LogP contribution in [0.4, 0.5) is 0 Å². The summed E-state index contributed by atoms with van der Waals surface area (Å²) in [5.74, 6) is -0.0196. The van der Waals surface area contributed by atoms with Crippen molar-refractivity contribution >= 4 is 11.7 Å². The average molecular weight is 224 g/mol.